The average Bonchev–Trinajstić information content (AvgIpc) is 3.39. The van der Waals surface area contributed by atoms with E-state index < -0.39 is 11.6 Å². The van der Waals surface area contributed by atoms with Gasteiger partial charge in [-0.15, -0.1) is 0 Å². The molecule has 4 rings (SSSR count). The van der Waals surface area contributed by atoms with E-state index in [9.17, 15) is 13.6 Å². The summed E-state index contributed by atoms with van der Waals surface area (Å²) in [6.07, 6.45) is 5.86. The summed E-state index contributed by atoms with van der Waals surface area (Å²) in [5.74, 6) is 0.342. The van der Waals surface area contributed by atoms with Gasteiger partial charge in [0.15, 0.2) is 11.5 Å². The van der Waals surface area contributed by atoms with Crippen LogP contribution in [0.25, 0.3) is 6.08 Å². The minimum atomic E-state index is -0.639. The molecule has 218 valence electrons. The molecule has 0 N–H and O–H groups in total. The summed E-state index contributed by atoms with van der Waals surface area (Å²) in [6, 6.07) is 7.03. The van der Waals surface area contributed by atoms with Crippen LogP contribution in [-0.2, 0) is 4.74 Å². The van der Waals surface area contributed by atoms with Gasteiger partial charge in [-0.3, -0.25) is 9.69 Å². The van der Waals surface area contributed by atoms with Gasteiger partial charge in [-0.1, -0.05) is 11.6 Å². The Morgan fingerprint density at radius 1 is 1.05 bits per heavy atom. The molecule has 2 fully saturated rings. The zero-order valence-electron chi connectivity index (χ0n) is 23.9. The van der Waals surface area contributed by atoms with Crippen molar-refractivity contribution >= 4 is 12.0 Å². The van der Waals surface area contributed by atoms with Gasteiger partial charge in [-0.25, -0.2) is 8.78 Å². The maximum Gasteiger partial charge on any atom is 0.254 e. The molecule has 2 aliphatic heterocycles. The Bertz CT molecular complexity index is 1170. The van der Waals surface area contributed by atoms with Crippen LogP contribution in [0, 0.1) is 17.6 Å². The second-order valence-corrected chi connectivity index (χ2v) is 10.6. The number of rotatable bonds is 11. The predicted molar refractivity (Wildman–Crippen MR) is 150 cm³/mol. The van der Waals surface area contributed by atoms with Gasteiger partial charge >= 0.3 is 0 Å². The number of ether oxygens (including phenoxy) is 4. The summed E-state index contributed by atoms with van der Waals surface area (Å²) in [5, 5.41) is 0. The third kappa shape index (κ3) is 7.31. The lowest BCUT2D eigenvalue weighted by molar-refractivity contribution is 0.0467. The maximum atomic E-state index is 14.4. The van der Waals surface area contributed by atoms with Crippen molar-refractivity contribution in [1.29, 1.82) is 0 Å². The van der Waals surface area contributed by atoms with Crippen LogP contribution in [0.3, 0.4) is 0 Å². The second-order valence-electron chi connectivity index (χ2n) is 10.6. The van der Waals surface area contributed by atoms with Crippen molar-refractivity contribution in [2.75, 3.05) is 60.7 Å². The van der Waals surface area contributed by atoms with Crippen molar-refractivity contribution in [3.63, 3.8) is 0 Å². The molecule has 2 heterocycles. The van der Waals surface area contributed by atoms with Crippen molar-refractivity contribution in [3.05, 3.63) is 58.7 Å². The van der Waals surface area contributed by atoms with Crippen LogP contribution in [0.1, 0.15) is 48.5 Å². The molecule has 2 saturated heterocycles. The van der Waals surface area contributed by atoms with E-state index in [0.29, 0.717) is 35.3 Å². The third-order valence-electron chi connectivity index (χ3n) is 7.77. The van der Waals surface area contributed by atoms with Gasteiger partial charge in [-0.2, -0.15) is 0 Å². The molecule has 1 atom stereocenters. The number of carbonyl (C=O) groups excluding carboxylic acids is 1. The van der Waals surface area contributed by atoms with Crippen molar-refractivity contribution < 1.29 is 32.5 Å². The highest BCUT2D eigenvalue weighted by Gasteiger charge is 2.31. The minimum Gasteiger partial charge on any atom is -0.493 e. The Morgan fingerprint density at radius 2 is 1.75 bits per heavy atom. The monoisotopic (exact) mass is 558 g/mol. The van der Waals surface area contributed by atoms with E-state index in [1.165, 1.54) is 33.5 Å². The first-order chi connectivity index (χ1) is 19.3. The van der Waals surface area contributed by atoms with E-state index in [2.05, 4.69) is 4.90 Å². The second kappa shape index (κ2) is 13.9. The Morgan fingerprint density at radius 3 is 2.38 bits per heavy atom. The van der Waals surface area contributed by atoms with Crippen LogP contribution in [0.4, 0.5) is 8.78 Å². The van der Waals surface area contributed by atoms with Gasteiger partial charge < -0.3 is 23.8 Å². The van der Waals surface area contributed by atoms with Gasteiger partial charge in [0.25, 0.3) is 5.91 Å². The normalized spacial score (nSPS) is 18.6. The number of benzene rings is 2. The SMILES string of the molecule is COc1cc(C(=O)N(CC(C)=Cc2ccc(F)cc2F)CC2CCCN2CC2CCOCC2)cc(OC)c1OC. The first-order valence-corrected chi connectivity index (χ1v) is 13.9. The molecule has 0 spiro atoms. The van der Waals surface area contributed by atoms with Crippen molar-refractivity contribution in [1.82, 2.24) is 9.80 Å². The van der Waals surface area contributed by atoms with Crippen LogP contribution in [0.2, 0.25) is 0 Å². The van der Waals surface area contributed by atoms with Gasteiger partial charge in [0.05, 0.1) is 21.3 Å². The lowest BCUT2D eigenvalue weighted by atomic mass is 9.99. The summed E-state index contributed by atoms with van der Waals surface area (Å²) in [7, 11) is 4.55. The van der Waals surface area contributed by atoms with Crippen molar-refractivity contribution in [2.24, 2.45) is 5.92 Å². The number of likely N-dealkylation sites (tertiary alicyclic amines) is 1. The van der Waals surface area contributed by atoms with Crippen LogP contribution in [0.15, 0.2) is 35.9 Å². The van der Waals surface area contributed by atoms with Crippen molar-refractivity contribution in [2.45, 2.75) is 38.6 Å². The van der Waals surface area contributed by atoms with Crippen LogP contribution in [0.5, 0.6) is 17.2 Å². The molecule has 0 saturated carbocycles. The molecule has 0 aromatic heterocycles. The van der Waals surface area contributed by atoms with Gasteiger partial charge in [0.2, 0.25) is 5.75 Å². The average molecular weight is 559 g/mol. The van der Waals surface area contributed by atoms with E-state index in [1.807, 2.05) is 6.92 Å². The zero-order chi connectivity index (χ0) is 28.6. The molecule has 7 nitrogen and oxygen atoms in total. The quantitative estimate of drug-likeness (QED) is 0.367. The van der Waals surface area contributed by atoms with E-state index in [-0.39, 0.29) is 24.1 Å². The molecule has 0 aliphatic carbocycles. The fourth-order valence-electron chi connectivity index (χ4n) is 5.69. The highest BCUT2D eigenvalue weighted by atomic mass is 19.1. The van der Waals surface area contributed by atoms with Crippen LogP contribution in [-0.4, -0.2) is 82.5 Å². The number of hydrogen-bond donors (Lipinski definition) is 0. The Balaban J connectivity index is 1.61. The molecule has 0 radical (unpaired) electrons. The van der Waals surface area contributed by atoms with Gasteiger partial charge in [0, 0.05) is 56.1 Å². The first kappa shape index (κ1) is 29.8. The molecule has 0 bridgehead atoms. The Labute approximate surface area is 235 Å². The van der Waals surface area contributed by atoms with Crippen molar-refractivity contribution in [3.8, 4) is 17.2 Å². The number of hydrogen-bond acceptors (Lipinski definition) is 6. The Kier molecular flexibility index (Phi) is 10.4. The maximum absolute atomic E-state index is 14.4. The fraction of sp³-hybridized carbons (Fsp3) is 0.516. The summed E-state index contributed by atoms with van der Waals surface area (Å²) in [5.41, 5.74) is 1.46. The molecular formula is C31H40F2N2O5. The summed E-state index contributed by atoms with van der Waals surface area (Å²) in [4.78, 5) is 18.4. The van der Waals surface area contributed by atoms with Gasteiger partial charge in [0.1, 0.15) is 11.6 Å². The molecule has 1 amide bonds. The topological polar surface area (TPSA) is 60.5 Å². The summed E-state index contributed by atoms with van der Waals surface area (Å²) >= 11 is 0. The molecule has 2 aromatic carbocycles. The fourth-order valence-corrected chi connectivity index (χ4v) is 5.69. The number of nitrogens with zero attached hydrogens (tertiary/aromatic N) is 2. The zero-order valence-corrected chi connectivity index (χ0v) is 23.9. The minimum absolute atomic E-state index is 0.190. The number of methoxy groups -OCH3 is 3. The molecule has 9 heteroatoms. The molecule has 1 unspecified atom stereocenters. The summed E-state index contributed by atoms with van der Waals surface area (Å²) < 4.78 is 49.8. The van der Waals surface area contributed by atoms with Crippen LogP contribution < -0.4 is 14.2 Å². The van der Waals surface area contributed by atoms with E-state index in [4.69, 9.17) is 18.9 Å². The Hall–Kier alpha value is -3.17. The first-order valence-electron chi connectivity index (χ1n) is 13.9. The third-order valence-corrected chi connectivity index (χ3v) is 7.77. The number of halogens is 2. The molecule has 40 heavy (non-hydrogen) atoms. The highest BCUT2D eigenvalue weighted by Crippen LogP contribution is 2.38. The van der Waals surface area contributed by atoms with E-state index in [0.717, 1.165) is 63.6 Å². The smallest absolute Gasteiger partial charge is 0.254 e. The largest absolute Gasteiger partial charge is 0.493 e. The van der Waals surface area contributed by atoms with Crippen LogP contribution >= 0.6 is 0 Å². The summed E-state index contributed by atoms with van der Waals surface area (Å²) in [6.45, 7) is 6.27. The molecular weight excluding hydrogens is 518 g/mol. The predicted octanol–water partition coefficient (Wildman–Crippen LogP) is 5.43. The highest BCUT2D eigenvalue weighted by molar-refractivity contribution is 5.96. The lowest BCUT2D eigenvalue weighted by Gasteiger charge is -2.34. The standard InChI is InChI=1S/C31H40F2N2O5/c1-21(14-23-7-8-25(32)17-27(23)33)18-35(20-26-6-5-11-34(26)19-22-9-12-40-13-10-22)31(36)24-15-28(37-2)30(39-4)29(16-24)38-3/h7-8,14-17,22,26H,5-6,9-13,18-20H2,1-4H3. The number of carbonyl (C=O) groups is 1. The van der Waals surface area contributed by atoms with E-state index >= 15 is 0 Å². The molecule has 2 aromatic rings. The van der Waals surface area contributed by atoms with Gasteiger partial charge in [-0.05, 0) is 69.3 Å². The van der Waals surface area contributed by atoms with E-state index in [1.54, 1.807) is 23.1 Å². The molecule has 2 aliphatic rings. The lowest BCUT2D eigenvalue weighted by Crippen LogP contribution is -2.45. The number of amides is 1.